The minimum atomic E-state index is -0.317. The second kappa shape index (κ2) is 4.69. The summed E-state index contributed by atoms with van der Waals surface area (Å²) in [5.41, 5.74) is 0. The van der Waals surface area contributed by atoms with E-state index in [1.807, 2.05) is 27.7 Å². The van der Waals surface area contributed by atoms with Crippen LogP contribution in [0.1, 0.15) is 27.7 Å². The lowest BCUT2D eigenvalue weighted by Gasteiger charge is -2.15. The molecule has 0 aromatic heterocycles. The third-order valence-electron chi connectivity index (χ3n) is 1.37. The summed E-state index contributed by atoms with van der Waals surface area (Å²) in [7, 11) is 0. The van der Waals surface area contributed by atoms with Crippen molar-refractivity contribution in [3.63, 3.8) is 0 Å². The van der Waals surface area contributed by atoms with Gasteiger partial charge in [0.1, 0.15) is 0 Å². The largest absolute Gasteiger partial charge is 0.390 e. The molecule has 0 amide bonds. The van der Waals surface area contributed by atoms with E-state index in [0.29, 0.717) is 12.5 Å². The predicted octanol–water partition coefficient (Wildman–Crippen LogP) is 1.43. The van der Waals surface area contributed by atoms with Gasteiger partial charge in [0.2, 0.25) is 0 Å². The van der Waals surface area contributed by atoms with Crippen molar-refractivity contribution in [3.05, 3.63) is 0 Å². The number of hydrogen-bond acceptors (Lipinski definition) is 2. The molecule has 0 aromatic carbocycles. The Morgan fingerprint density at radius 2 is 1.70 bits per heavy atom. The van der Waals surface area contributed by atoms with E-state index < -0.39 is 0 Å². The molecule has 0 aliphatic rings. The van der Waals surface area contributed by atoms with Crippen LogP contribution in [0.5, 0.6) is 0 Å². The summed E-state index contributed by atoms with van der Waals surface area (Å²) in [5, 5.41) is 9.25. The molecule has 0 fully saturated rings. The Bertz CT molecular complexity index is 79.3. The van der Waals surface area contributed by atoms with Gasteiger partial charge in [0.25, 0.3) is 0 Å². The van der Waals surface area contributed by atoms with Gasteiger partial charge in [-0.3, -0.25) is 0 Å². The first-order valence-corrected chi connectivity index (χ1v) is 3.83. The Morgan fingerprint density at radius 1 is 1.20 bits per heavy atom. The Morgan fingerprint density at radius 3 is 2.00 bits per heavy atom. The van der Waals surface area contributed by atoms with Crippen LogP contribution in [0.4, 0.5) is 0 Å². The minimum absolute atomic E-state index is 0.216. The van der Waals surface area contributed by atoms with Crippen LogP contribution >= 0.6 is 0 Å². The maximum absolute atomic E-state index is 9.25. The predicted molar refractivity (Wildman–Crippen MR) is 41.9 cm³/mol. The third-order valence-corrected chi connectivity index (χ3v) is 1.37. The van der Waals surface area contributed by atoms with E-state index in [-0.39, 0.29) is 12.2 Å². The lowest BCUT2D eigenvalue weighted by Crippen LogP contribution is -2.23. The van der Waals surface area contributed by atoms with Crippen molar-refractivity contribution in [1.29, 1.82) is 0 Å². The van der Waals surface area contributed by atoms with Crippen LogP contribution in [0.25, 0.3) is 0 Å². The monoisotopic (exact) mass is 146 g/mol. The molecule has 0 heterocycles. The number of rotatable bonds is 4. The molecule has 0 saturated carbocycles. The van der Waals surface area contributed by atoms with Crippen molar-refractivity contribution in [2.45, 2.75) is 39.9 Å². The Labute approximate surface area is 63.2 Å². The maximum Gasteiger partial charge on any atom is 0.0796 e. The zero-order valence-electron chi connectivity index (χ0n) is 7.29. The molecule has 0 rings (SSSR count). The topological polar surface area (TPSA) is 29.5 Å². The summed E-state index contributed by atoms with van der Waals surface area (Å²) in [4.78, 5) is 0. The van der Waals surface area contributed by atoms with Gasteiger partial charge in [0.05, 0.1) is 18.8 Å². The van der Waals surface area contributed by atoms with Crippen LogP contribution in [-0.2, 0) is 4.74 Å². The van der Waals surface area contributed by atoms with E-state index in [1.165, 1.54) is 0 Å². The summed E-state index contributed by atoms with van der Waals surface area (Å²) >= 11 is 0. The Hall–Kier alpha value is -0.0800. The number of aliphatic hydroxyl groups excluding tert-OH is 1. The first-order chi connectivity index (χ1) is 4.54. The molecule has 1 N–H and O–H groups in total. The van der Waals surface area contributed by atoms with E-state index >= 15 is 0 Å². The van der Waals surface area contributed by atoms with Crippen molar-refractivity contribution >= 4 is 0 Å². The number of hydrogen-bond donors (Lipinski definition) is 1. The van der Waals surface area contributed by atoms with Gasteiger partial charge >= 0.3 is 0 Å². The van der Waals surface area contributed by atoms with Gasteiger partial charge in [-0.1, -0.05) is 13.8 Å². The Kier molecular flexibility index (Phi) is 4.65. The highest BCUT2D eigenvalue weighted by Gasteiger charge is 2.09. The van der Waals surface area contributed by atoms with Gasteiger partial charge in [-0.2, -0.15) is 0 Å². The highest BCUT2D eigenvalue weighted by atomic mass is 16.5. The van der Waals surface area contributed by atoms with Crippen LogP contribution < -0.4 is 0 Å². The van der Waals surface area contributed by atoms with Gasteiger partial charge in [-0.15, -0.1) is 0 Å². The van der Waals surface area contributed by atoms with Crippen molar-refractivity contribution in [2.75, 3.05) is 6.61 Å². The Balaban J connectivity index is 3.30. The third kappa shape index (κ3) is 4.77. The average molecular weight is 146 g/mol. The molecule has 2 nitrogen and oxygen atoms in total. The molecule has 0 bridgehead atoms. The van der Waals surface area contributed by atoms with Crippen molar-refractivity contribution in [3.8, 4) is 0 Å². The average Bonchev–Trinajstić information content (AvgIpc) is 1.82. The number of aliphatic hydroxyl groups is 1. The van der Waals surface area contributed by atoms with Crippen LogP contribution in [-0.4, -0.2) is 23.9 Å². The molecule has 2 heteroatoms. The fraction of sp³-hybridized carbons (Fsp3) is 1.00. The summed E-state index contributed by atoms with van der Waals surface area (Å²) in [5.74, 6) is 0.291. The molecule has 0 spiro atoms. The van der Waals surface area contributed by atoms with Gasteiger partial charge in [0.15, 0.2) is 0 Å². The molecular weight excluding hydrogens is 128 g/mol. The van der Waals surface area contributed by atoms with Gasteiger partial charge in [-0.25, -0.2) is 0 Å². The van der Waals surface area contributed by atoms with Gasteiger partial charge in [0, 0.05) is 0 Å². The van der Waals surface area contributed by atoms with E-state index in [0.717, 1.165) is 0 Å². The standard InChI is InChI=1S/C8H18O2/c1-6(2)8(9)5-10-7(3)4/h6-9H,5H2,1-4H3/t8-/m1/s1. The lowest BCUT2D eigenvalue weighted by atomic mass is 10.1. The second-order valence-corrected chi connectivity index (χ2v) is 3.19. The summed E-state index contributed by atoms with van der Waals surface area (Å²) < 4.78 is 5.21. The number of ether oxygens (including phenoxy) is 1. The first-order valence-electron chi connectivity index (χ1n) is 3.83. The highest BCUT2D eigenvalue weighted by Crippen LogP contribution is 2.02. The molecule has 0 aromatic rings. The molecule has 0 aliphatic carbocycles. The molecule has 0 radical (unpaired) electrons. The van der Waals surface area contributed by atoms with Crippen LogP contribution in [0.3, 0.4) is 0 Å². The zero-order valence-corrected chi connectivity index (χ0v) is 7.29. The smallest absolute Gasteiger partial charge is 0.0796 e. The van der Waals surface area contributed by atoms with Crippen LogP contribution in [0.15, 0.2) is 0 Å². The molecule has 0 unspecified atom stereocenters. The van der Waals surface area contributed by atoms with Crippen LogP contribution in [0, 0.1) is 5.92 Å². The van der Waals surface area contributed by atoms with Crippen LogP contribution in [0.2, 0.25) is 0 Å². The maximum atomic E-state index is 9.25. The molecule has 10 heavy (non-hydrogen) atoms. The van der Waals surface area contributed by atoms with Gasteiger partial charge in [-0.05, 0) is 19.8 Å². The van der Waals surface area contributed by atoms with E-state index in [2.05, 4.69) is 0 Å². The second-order valence-electron chi connectivity index (χ2n) is 3.19. The van der Waals surface area contributed by atoms with Crippen molar-refractivity contribution in [2.24, 2.45) is 5.92 Å². The lowest BCUT2D eigenvalue weighted by molar-refractivity contribution is -0.0127. The molecule has 0 aliphatic heterocycles. The van der Waals surface area contributed by atoms with Gasteiger partial charge < -0.3 is 9.84 Å². The van der Waals surface area contributed by atoms with Crippen molar-refractivity contribution in [1.82, 2.24) is 0 Å². The van der Waals surface area contributed by atoms with E-state index in [4.69, 9.17) is 4.74 Å². The van der Waals surface area contributed by atoms with E-state index in [9.17, 15) is 5.11 Å². The molecule has 1 atom stereocenters. The molecular formula is C8H18O2. The molecule has 0 saturated heterocycles. The van der Waals surface area contributed by atoms with Crippen molar-refractivity contribution < 1.29 is 9.84 Å². The van der Waals surface area contributed by atoms with E-state index in [1.54, 1.807) is 0 Å². The highest BCUT2D eigenvalue weighted by molar-refractivity contribution is 4.58. The fourth-order valence-corrected chi connectivity index (χ4v) is 0.483. The normalized spacial score (nSPS) is 14.7. The fourth-order valence-electron chi connectivity index (χ4n) is 0.483. The molecule has 62 valence electrons. The SMILES string of the molecule is CC(C)OC[C@@H](O)C(C)C. The zero-order chi connectivity index (χ0) is 8.15. The summed E-state index contributed by atoms with van der Waals surface area (Å²) in [6.45, 7) is 8.35. The quantitative estimate of drug-likeness (QED) is 0.650. The minimum Gasteiger partial charge on any atom is -0.390 e. The summed E-state index contributed by atoms with van der Waals surface area (Å²) in [6.07, 6.45) is -0.101. The summed E-state index contributed by atoms with van der Waals surface area (Å²) in [6, 6.07) is 0. The first kappa shape index (κ1) is 9.92.